The average Bonchev–Trinajstić information content (AvgIpc) is 2.14. The van der Waals surface area contributed by atoms with E-state index in [0.29, 0.717) is 0 Å². The Morgan fingerprint density at radius 1 is 1.59 bits per heavy atom. The zero-order chi connectivity index (χ0) is 13.4. The summed E-state index contributed by atoms with van der Waals surface area (Å²) >= 11 is 0. The number of nitrogens with zero attached hydrogens (tertiary/aromatic N) is 1. The molecule has 0 aromatic carbocycles. The van der Waals surface area contributed by atoms with Gasteiger partial charge in [-0.05, 0) is 0 Å². The topological polar surface area (TPSA) is 171 Å². The van der Waals surface area contributed by atoms with Crippen molar-refractivity contribution in [2.75, 3.05) is 0 Å². The molecule has 0 bridgehead atoms. The van der Waals surface area contributed by atoms with Crippen LogP contribution < -0.4 is 5.73 Å². The fraction of sp³-hybridized carbons (Fsp3) is 0.143. The van der Waals surface area contributed by atoms with Crippen molar-refractivity contribution in [2.24, 2.45) is 5.73 Å². The van der Waals surface area contributed by atoms with Crippen molar-refractivity contribution in [1.29, 1.82) is 10.8 Å². The Morgan fingerprint density at radius 2 is 2.12 bits per heavy atom. The maximum Gasteiger partial charge on any atom is 0.297 e. The van der Waals surface area contributed by atoms with Crippen LogP contribution >= 0.6 is 0 Å². The molecule has 1 aliphatic rings. The van der Waals surface area contributed by atoms with Crippen molar-refractivity contribution >= 4 is 21.7 Å². The Morgan fingerprint density at radius 3 is 2.47 bits per heavy atom. The van der Waals surface area contributed by atoms with E-state index in [2.05, 4.69) is 0 Å². The molecule has 0 saturated carbocycles. The molecule has 0 fully saturated rings. The lowest BCUT2D eigenvalue weighted by molar-refractivity contribution is -0.420. The highest BCUT2D eigenvalue weighted by Gasteiger charge is 2.35. The van der Waals surface area contributed by atoms with Gasteiger partial charge in [-0.15, -0.1) is 0 Å². The molecule has 92 valence electrons. The van der Waals surface area contributed by atoms with E-state index in [1.54, 1.807) is 0 Å². The van der Waals surface area contributed by atoms with Crippen LogP contribution in [0, 0.1) is 20.9 Å². The number of allylic oxidation sites excluding steroid dienone is 2. The van der Waals surface area contributed by atoms with Crippen molar-refractivity contribution in [3.8, 4) is 0 Å². The lowest BCUT2D eigenvalue weighted by Gasteiger charge is -2.14. The van der Waals surface area contributed by atoms with Crippen LogP contribution in [0.1, 0.15) is 6.42 Å². The first-order chi connectivity index (χ1) is 7.66. The van der Waals surface area contributed by atoms with Gasteiger partial charge >= 0.3 is 0 Å². The predicted octanol–water partition coefficient (Wildman–Crippen LogP) is -0.352. The van der Waals surface area contributed by atoms with Gasteiger partial charge < -0.3 is 11.1 Å². The fourth-order valence-corrected chi connectivity index (χ4v) is 2.24. The smallest absolute Gasteiger partial charge is 0.297 e. The molecule has 1 aliphatic carbocycles. The van der Waals surface area contributed by atoms with Crippen molar-refractivity contribution in [3.05, 3.63) is 32.4 Å². The van der Waals surface area contributed by atoms with E-state index in [0.717, 1.165) is 6.08 Å². The van der Waals surface area contributed by atoms with Gasteiger partial charge in [0.15, 0.2) is 0 Å². The van der Waals surface area contributed by atoms with Crippen LogP contribution in [0.3, 0.4) is 0 Å². The molecule has 0 atom stereocenters. The zero-order valence-electron chi connectivity index (χ0n) is 8.30. The van der Waals surface area contributed by atoms with Gasteiger partial charge in [0, 0.05) is 12.5 Å². The minimum Gasteiger partial charge on any atom is -0.383 e. The van der Waals surface area contributed by atoms with E-state index in [9.17, 15) is 18.5 Å². The van der Waals surface area contributed by atoms with Gasteiger partial charge in [0.2, 0.25) is 0 Å². The number of hydrogen-bond acceptors (Lipinski definition) is 6. The lowest BCUT2D eigenvalue weighted by Crippen LogP contribution is -2.28. The highest BCUT2D eigenvalue weighted by Crippen LogP contribution is 2.26. The Kier molecular flexibility index (Phi) is 3.11. The highest BCUT2D eigenvalue weighted by molar-refractivity contribution is 7.91. The molecule has 0 unspecified atom stereocenters. The number of amidine groups is 1. The van der Waals surface area contributed by atoms with Crippen LogP contribution in [0.5, 0.6) is 0 Å². The van der Waals surface area contributed by atoms with Crippen LogP contribution in [0.4, 0.5) is 0 Å². The quantitative estimate of drug-likeness (QED) is 0.177. The van der Waals surface area contributed by atoms with Gasteiger partial charge in [-0.2, -0.15) is 8.42 Å². The number of nitro groups is 1. The molecule has 0 saturated heterocycles. The molecule has 17 heavy (non-hydrogen) atoms. The molecular weight excluding hydrogens is 252 g/mol. The van der Waals surface area contributed by atoms with Crippen LogP contribution in [-0.4, -0.2) is 29.4 Å². The molecule has 0 aromatic heterocycles. The van der Waals surface area contributed by atoms with E-state index < -0.39 is 42.8 Å². The van der Waals surface area contributed by atoms with Crippen molar-refractivity contribution in [1.82, 2.24) is 0 Å². The second-order valence-electron chi connectivity index (χ2n) is 3.12. The van der Waals surface area contributed by atoms with Crippen molar-refractivity contribution in [3.63, 3.8) is 0 Å². The summed E-state index contributed by atoms with van der Waals surface area (Å²) in [4.78, 5) is 8.74. The van der Waals surface area contributed by atoms with E-state index in [4.69, 9.17) is 21.1 Å². The number of rotatable bonds is 3. The minimum absolute atomic E-state index is 0.331. The average molecular weight is 260 g/mol. The number of hydrogen-bond donors (Lipinski definition) is 4. The summed E-state index contributed by atoms with van der Waals surface area (Å²) in [5, 5.41) is 25.1. The molecule has 0 radical (unpaired) electrons. The Balaban J connectivity index is 3.68. The molecule has 10 heteroatoms. The summed E-state index contributed by atoms with van der Waals surface area (Å²) in [6.45, 7) is 0. The third-order valence-corrected chi connectivity index (χ3v) is 2.95. The van der Waals surface area contributed by atoms with Gasteiger partial charge in [-0.25, -0.2) is 0 Å². The van der Waals surface area contributed by atoms with Gasteiger partial charge in [0.05, 0.1) is 10.6 Å². The Bertz CT molecular complexity index is 585. The van der Waals surface area contributed by atoms with E-state index >= 15 is 0 Å². The van der Waals surface area contributed by atoms with Gasteiger partial charge in [0.25, 0.3) is 15.8 Å². The number of nitrogens with one attached hydrogen (secondary N) is 2. The molecular formula is C7H8N4O5S. The summed E-state index contributed by atoms with van der Waals surface area (Å²) in [5.41, 5.74) is 3.04. The largest absolute Gasteiger partial charge is 0.383 e. The van der Waals surface area contributed by atoms with Gasteiger partial charge in [0.1, 0.15) is 16.3 Å². The predicted molar refractivity (Wildman–Crippen MR) is 57.9 cm³/mol. The van der Waals surface area contributed by atoms with Gasteiger partial charge in [-0.1, -0.05) is 0 Å². The van der Waals surface area contributed by atoms with Gasteiger partial charge in [-0.3, -0.25) is 20.1 Å². The third-order valence-electron chi connectivity index (χ3n) is 1.98. The first kappa shape index (κ1) is 13.0. The SMILES string of the molecule is N=C(N)C1=C(S(=O)(=O)O)C(=N)CC=C1[N+](=O)[O-]. The monoisotopic (exact) mass is 260 g/mol. The van der Waals surface area contributed by atoms with Crippen LogP contribution in [0.2, 0.25) is 0 Å². The van der Waals surface area contributed by atoms with Crippen LogP contribution in [0.15, 0.2) is 22.3 Å². The molecule has 0 aliphatic heterocycles. The molecule has 0 spiro atoms. The summed E-state index contributed by atoms with van der Waals surface area (Å²) < 4.78 is 31.0. The normalized spacial score (nSPS) is 16.8. The maximum atomic E-state index is 11.0. The van der Waals surface area contributed by atoms with E-state index in [1.807, 2.05) is 0 Å². The summed E-state index contributed by atoms with van der Waals surface area (Å²) in [7, 11) is -4.85. The second kappa shape index (κ2) is 4.07. The molecule has 5 N–H and O–H groups in total. The van der Waals surface area contributed by atoms with E-state index in [1.165, 1.54) is 0 Å². The Labute approximate surface area is 95.5 Å². The standard InChI is InChI=1S/C7H8N4O5S/c8-3-1-2-4(11(12)13)5(7(9)10)6(3)17(14,15)16/h2,8H,1H2,(H3,9,10)(H,14,15,16). The molecule has 0 amide bonds. The third kappa shape index (κ3) is 2.37. The lowest BCUT2D eigenvalue weighted by atomic mass is 10.0. The molecule has 0 aromatic rings. The molecule has 1 rings (SSSR count). The summed E-state index contributed by atoms with van der Waals surface area (Å²) in [6, 6.07) is 0. The Hall–Kier alpha value is -2.07. The highest BCUT2D eigenvalue weighted by atomic mass is 32.2. The fourth-order valence-electron chi connectivity index (χ4n) is 1.37. The minimum atomic E-state index is -4.85. The summed E-state index contributed by atoms with van der Waals surface area (Å²) in [5.74, 6) is -0.898. The van der Waals surface area contributed by atoms with Crippen LogP contribution in [0.25, 0.3) is 0 Å². The molecule has 0 heterocycles. The van der Waals surface area contributed by atoms with E-state index in [-0.39, 0.29) is 6.42 Å². The van der Waals surface area contributed by atoms with Crippen LogP contribution in [-0.2, 0) is 10.1 Å². The first-order valence-corrected chi connectivity index (χ1v) is 5.59. The number of nitrogens with two attached hydrogens (primary N) is 1. The zero-order valence-corrected chi connectivity index (χ0v) is 9.11. The summed E-state index contributed by atoms with van der Waals surface area (Å²) in [6.07, 6.45) is 0.635. The van der Waals surface area contributed by atoms with Crippen molar-refractivity contribution < 1.29 is 17.9 Å². The van der Waals surface area contributed by atoms with Crippen molar-refractivity contribution in [2.45, 2.75) is 6.42 Å². The second-order valence-corrected chi connectivity index (χ2v) is 4.48. The first-order valence-electron chi connectivity index (χ1n) is 4.15. The maximum absolute atomic E-state index is 11.0. The molecule has 9 nitrogen and oxygen atoms in total.